The maximum absolute atomic E-state index is 11.1. The van der Waals surface area contributed by atoms with Gasteiger partial charge >= 0.3 is 5.97 Å². The maximum Gasteiger partial charge on any atom is 0.356 e. The summed E-state index contributed by atoms with van der Waals surface area (Å²) in [7, 11) is 2.92. The van der Waals surface area contributed by atoms with Gasteiger partial charge in [0.25, 0.3) is 5.91 Å². The number of carbonyl (C=O) groups is 2. The molecule has 0 aromatic carbocycles. The molecule has 6 nitrogen and oxygen atoms in total. The molecule has 0 saturated heterocycles. The Hall–Kier alpha value is -1.80. The van der Waals surface area contributed by atoms with Gasteiger partial charge in [-0.05, 0) is 69.0 Å². The second-order valence-electron chi connectivity index (χ2n) is 4.71. The van der Waals surface area contributed by atoms with Crippen molar-refractivity contribution in [2.45, 2.75) is 13.8 Å². The summed E-state index contributed by atoms with van der Waals surface area (Å²) in [6.07, 6.45) is 3.21. The number of hydrogen-bond donors (Lipinski definition) is 1. The van der Waals surface area contributed by atoms with E-state index in [0.29, 0.717) is 11.4 Å². The molecular formula is C16H17Br2N3O3. The van der Waals surface area contributed by atoms with E-state index in [1.165, 1.54) is 7.11 Å². The van der Waals surface area contributed by atoms with Crippen molar-refractivity contribution in [1.82, 2.24) is 15.3 Å². The van der Waals surface area contributed by atoms with Crippen LogP contribution in [0.1, 0.15) is 32.1 Å². The van der Waals surface area contributed by atoms with Gasteiger partial charge in [-0.25, -0.2) is 14.8 Å². The van der Waals surface area contributed by atoms with Crippen LogP contribution in [0.2, 0.25) is 0 Å². The third-order valence-corrected chi connectivity index (χ3v) is 4.61. The highest BCUT2D eigenvalue weighted by atomic mass is 79.9. The lowest BCUT2D eigenvalue weighted by atomic mass is 10.2. The van der Waals surface area contributed by atoms with Crippen LogP contribution in [0.15, 0.2) is 33.5 Å². The smallest absolute Gasteiger partial charge is 0.356 e. The van der Waals surface area contributed by atoms with E-state index in [0.717, 1.165) is 20.1 Å². The van der Waals surface area contributed by atoms with E-state index in [4.69, 9.17) is 0 Å². The second-order valence-corrected chi connectivity index (χ2v) is 6.42. The van der Waals surface area contributed by atoms with E-state index < -0.39 is 5.97 Å². The molecule has 24 heavy (non-hydrogen) atoms. The predicted octanol–water partition coefficient (Wildman–Crippen LogP) is 3.45. The zero-order valence-corrected chi connectivity index (χ0v) is 16.9. The van der Waals surface area contributed by atoms with Crippen LogP contribution >= 0.6 is 31.9 Å². The van der Waals surface area contributed by atoms with Crippen molar-refractivity contribution in [2.24, 2.45) is 0 Å². The van der Waals surface area contributed by atoms with Gasteiger partial charge in [-0.3, -0.25) is 4.79 Å². The molecule has 2 aromatic heterocycles. The zero-order chi connectivity index (χ0) is 18.3. The molecule has 0 radical (unpaired) electrons. The first-order chi connectivity index (χ1) is 11.3. The number of aryl methyl sites for hydroxylation is 2. The molecule has 0 unspecified atom stereocenters. The predicted molar refractivity (Wildman–Crippen MR) is 98.1 cm³/mol. The molecule has 128 valence electrons. The summed E-state index contributed by atoms with van der Waals surface area (Å²) in [6.45, 7) is 3.80. The summed E-state index contributed by atoms with van der Waals surface area (Å²) in [5.74, 6) is -0.573. The van der Waals surface area contributed by atoms with Crippen LogP contribution in [0.25, 0.3) is 0 Å². The van der Waals surface area contributed by atoms with Gasteiger partial charge < -0.3 is 10.1 Å². The molecule has 1 N–H and O–H groups in total. The minimum absolute atomic E-state index is 0.161. The number of aromatic nitrogens is 2. The topological polar surface area (TPSA) is 81.2 Å². The minimum atomic E-state index is -0.411. The Bertz CT molecular complexity index is 688. The number of carbonyl (C=O) groups excluding carboxylic acids is 2. The van der Waals surface area contributed by atoms with Crippen LogP contribution in [0.3, 0.4) is 0 Å². The lowest BCUT2D eigenvalue weighted by Crippen LogP contribution is -2.19. The van der Waals surface area contributed by atoms with Crippen LogP contribution in [0, 0.1) is 13.8 Å². The highest BCUT2D eigenvalue weighted by Gasteiger charge is 2.07. The van der Waals surface area contributed by atoms with Gasteiger partial charge in [-0.15, -0.1) is 0 Å². The lowest BCUT2D eigenvalue weighted by Gasteiger charge is -2.00. The maximum atomic E-state index is 11.1. The molecule has 1 amide bonds. The highest BCUT2D eigenvalue weighted by Crippen LogP contribution is 2.15. The summed E-state index contributed by atoms with van der Waals surface area (Å²) in [5.41, 5.74) is 2.74. The fraction of sp³-hybridized carbons (Fsp3) is 0.250. The quantitative estimate of drug-likeness (QED) is 0.697. The molecule has 2 aromatic rings. The van der Waals surface area contributed by atoms with Gasteiger partial charge in [0.1, 0.15) is 11.4 Å². The molecule has 0 aliphatic rings. The molecule has 8 heteroatoms. The summed E-state index contributed by atoms with van der Waals surface area (Å²) >= 11 is 6.59. The van der Waals surface area contributed by atoms with Crippen molar-refractivity contribution >= 4 is 43.7 Å². The van der Waals surface area contributed by atoms with E-state index >= 15 is 0 Å². The number of rotatable bonds is 2. The number of nitrogens with zero attached hydrogens (tertiary/aromatic N) is 2. The van der Waals surface area contributed by atoms with Crippen molar-refractivity contribution in [3.8, 4) is 0 Å². The Kier molecular flexibility index (Phi) is 8.00. The van der Waals surface area contributed by atoms with Crippen molar-refractivity contribution in [1.29, 1.82) is 0 Å². The largest absolute Gasteiger partial charge is 0.464 e. The Labute approximate surface area is 157 Å². The van der Waals surface area contributed by atoms with Crippen molar-refractivity contribution in [3.63, 3.8) is 0 Å². The summed E-state index contributed by atoms with van der Waals surface area (Å²) < 4.78 is 6.31. The first-order valence-corrected chi connectivity index (χ1v) is 8.43. The molecule has 0 spiro atoms. The van der Waals surface area contributed by atoms with Gasteiger partial charge in [-0.2, -0.15) is 0 Å². The van der Waals surface area contributed by atoms with Crippen LogP contribution in [-0.2, 0) is 4.74 Å². The molecule has 2 heterocycles. The van der Waals surface area contributed by atoms with Gasteiger partial charge in [0.15, 0.2) is 0 Å². The Morgan fingerprint density at radius 2 is 1.46 bits per heavy atom. The van der Waals surface area contributed by atoms with Gasteiger partial charge in [0.2, 0.25) is 0 Å². The van der Waals surface area contributed by atoms with E-state index in [-0.39, 0.29) is 5.91 Å². The molecule has 0 aliphatic carbocycles. The number of ether oxygens (including phenoxy) is 1. The normalized spacial score (nSPS) is 9.58. The lowest BCUT2D eigenvalue weighted by molar-refractivity contribution is 0.0593. The Balaban J connectivity index is 0.000000240. The summed E-state index contributed by atoms with van der Waals surface area (Å²) in [6, 6.07) is 3.42. The standard InChI is InChI=1S/C8H9BrN2O.C8H8BrNO2/c1-5-3-7(8(12)10-2)11-4-6(5)9;1-5-3-7(8(11)12-2)10-4-6(5)9/h3-4H,1-2H3,(H,10,12);3-4H,1-2H3. The number of amides is 1. The van der Waals surface area contributed by atoms with Crippen molar-refractivity contribution < 1.29 is 14.3 Å². The molecular weight excluding hydrogens is 442 g/mol. The second kappa shape index (κ2) is 9.48. The van der Waals surface area contributed by atoms with Crippen LogP contribution in [0.5, 0.6) is 0 Å². The fourth-order valence-electron chi connectivity index (χ4n) is 1.55. The number of nitrogens with one attached hydrogen (secondary N) is 1. The van der Waals surface area contributed by atoms with Crippen molar-refractivity contribution in [2.75, 3.05) is 14.2 Å². The Morgan fingerprint density at radius 1 is 1.00 bits per heavy atom. The summed E-state index contributed by atoms with van der Waals surface area (Å²) in [4.78, 5) is 29.9. The molecule has 0 fully saturated rings. The van der Waals surface area contributed by atoms with Crippen LogP contribution in [0.4, 0.5) is 0 Å². The van der Waals surface area contributed by atoms with E-state index in [2.05, 4.69) is 51.9 Å². The van der Waals surface area contributed by atoms with Crippen LogP contribution < -0.4 is 5.32 Å². The summed E-state index contributed by atoms with van der Waals surface area (Å²) in [5, 5.41) is 2.51. The number of methoxy groups -OCH3 is 1. The van der Waals surface area contributed by atoms with E-state index in [9.17, 15) is 9.59 Å². The average molecular weight is 459 g/mol. The minimum Gasteiger partial charge on any atom is -0.464 e. The number of hydrogen-bond acceptors (Lipinski definition) is 5. The van der Waals surface area contributed by atoms with Gasteiger partial charge in [-0.1, -0.05) is 0 Å². The van der Waals surface area contributed by atoms with Crippen molar-refractivity contribution in [3.05, 3.63) is 56.0 Å². The average Bonchev–Trinajstić information content (AvgIpc) is 2.58. The van der Waals surface area contributed by atoms with E-state index in [1.54, 1.807) is 31.6 Å². The third kappa shape index (κ3) is 5.68. The molecule has 0 atom stereocenters. The highest BCUT2D eigenvalue weighted by molar-refractivity contribution is 9.10. The zero-order valence-electron chi connectivity index (χ0n) is 13.7. The van der Waals surface area contributed by atoms with Crippen LogP contribution in [-0.4, -0.2) is 36.0 Å². The first-order valence-electron chi connectivity index (χ1n) is 6.84. The molecule has 0 aliphatic heterocycles. The molecule has 0 saturated carbocycles. The Morgan fingerprint density at radius 3 is 1.88 bits per heavy atom. The first kappa shape index (κ1) is 20.2. The SMILES string of the molecule is CNC(=O)c1cc(C)c(Br)cn1.COC(=O)c1cc(C)c(Br)cn1. The van der Waals surface area contributed by atoms with Gasteiger partial charge in [0.05, 0.1) is 7.11 Å². The number of halogens is 2. The van der Waals surface area contributed by atoms with Gasteiger partial charge in [0, 0.05) is 28.4 Å². The molecule has 0 bridgehead atoms. The molecule has 2 rings (SSSR count). The number of pyridine rings is 2. The monoisotopic (exact) mass is 457 g/mol. The third-order valence-electron chi connectivity index (χ3n) is 2.95. The van der Waals surface area contributed by atoms with E-state index in [1.807, 2.05) is 13.8 Å². The number of esters is 1. The fourth-order valence-corrected chi connectivity index (χ4v) is 1.98.